The molecule has 4 nitrogen and oxygen atoms in total. The van der Waals surface area contributed by atoms with Crippen LogP contribution in [0.3, 0.4) is 0 Å². The average Bonchev–Trinajstić information content (AvgIpc) is 2.71. The number of rotatable bonds is 3. The van der Waals surface area contributed by atoms with Gasteiger partial charge in [-0.2, -0.15) is 0 Å². The van der Waals surface area contributed by atoms with Gasteiger partial charge in [0.1, 0.15) is 14.5 Å². The number of thiazole rings is 1. The summed E-state index contributed by atoms with van der Waals surface area (Å²) >= 11 is 4.47. The van der Waals surface area contributed by atoms with Crippen molar-refractivity contribution in [2.75, 3.05) is 7.11 Å². The molecular formula is C11H8BrNO3S. The number of halogens is 1. The smallest absolute Gasteiger partial charge is 0.356 e. The van der Waals surface area contributed by atoms with Crippen molar-refractivity contribution in [3.8, 4) is 16.3 Å². The minimum atomic E-state index is -1.05. The molecule has 0 saturated carbocycles. The van der Waals surface area contributed by atoms with E-state index in [0.29, 0.717) is 14.5 Å². The lowest BCUT2D eigenvalue weighted by molar-refractivity contribution is 0.0690. The zero-order chi connectivity index (χ0) is 12.4. The molecule has 1 aromatic heterocycles. The fraction of sp³-hybridized carbons (Fsp3) is 0.0909. The summed E-state index contributed by atoms with van der Waals surface area (Å²) in [4.78, 5) is 15.0. The molecule has 0 aliphatic carbocycles. The van der Waals surface area contributed by atoms with E-state index in [1.165, 1.54) is 11.3 Å². The van der Waals surface area contributed by atoms with Gasteiger partial charge in [-0.25, -0.2) is 9.78 Å². The van der Waals surface area contributed by atoms with Crippen LogP contribution in [0.15, 0.2) is 28.1 Å². The molecule has 1 aromatic carbocycles. The van der Waals surface area contributed by atoms with E-state index in [-0.39, 0.29) is 5.69 Å². The van der Waals surface area contributed by atoms with Gasteiger partial charge in [0.2, 0.25) is 0 Å². The molecule has 0 aliphatic heterocycles. The van der Waals surface area contributed by atoms with Crippen LogP contribution in [0.25, 0.3) is 10.6 Å². The molecule has 2 aromatic rings. The monoisotopic (exact) mass is 313 g/mol. The summed E-state index contributed by atoms with van der Waals surface area (Å²) in [7, 11) is 1.57. The third kappa shape index (κ3) is 2.32. The number of carbonyl (C=O) groups is 1. The minimum absolute atomic E-state index is 0.0240. The molecular weight excluding hydrogens is 306 g/mol. The lowest BCUT2D eigenvalue weighted by Crippen LogP contribution is -1.97. The van der Waals surface area contributed by atoms with E-state index < -0.39 is 5.97 Å². The van der Waals surface area contributed by atoms with E-state index in [0.717, 1.165) is 5.56 Å². The molecule has 0 unspecified atom stereocenters. The van der Waals surface area contributed by atoms with E-state index in [1.54, 1.807) is 7.11 Å². The Kier molecular flexibility index (Phi) is 3.44. The van der Waals surface area contributed by atoms with Crippen LogP contribution in [-0.2, 0) is 0 Å². The van der Waals surface area contributed by atoms with Crippen molar-refractivity contribution in [3.05, 3.63) is 33.7 Å². The van der Waals surface area contributed by atoms with Gasteiger partial charge in [-0.1, -0.05) is 12.1 Å². The van der Waals surface area contributed by atoms with Crippen molar-refractivity contribution in [2.24, 2.45) is 0 Å². The highest BCUT2D eigenvalue weighted by Crippen LogP contribution is 2.36. The van der Waals surface area contributed by atoms with Gasteiger partial charge in [-0.05, 0) is 28.1 Å². The van der Waals surface area contributed by atoms with Gasteiger partial charge < -0.3 is 9.84 Å². The Hall–Kier alpha value is -1.40. The van der Waals surface area contributed by atoms with Crippen molar-refractivity contribution < 1.29 is 14.6 Å². The largest absolute Gasteiger partial charge is 0.496 e. The molecule has 0 fully saturated rings. The number of hydrogen-bond donors (Lipinski definition) is 1. The fourth-order valence-electron chi connectivity index (χ4n) is 1.37. The van der Waals surface area contributed by atoms with Crippen LogP contribution < -0.4 is 4.74 Å². The quantitative estimate of drug-likeness (QED) is 0.944. The number of carboxylic acid groups (broad SMARTS) is 1. The lowest BCUT2D eigenvalue weighted by Gasteiger charge is -2.04. The normalized spacial score (nSPS) is 10.2. The van der Waals surface area contributed by atoms with Crippen LogP contribution in [0, 0.1) is 0 Å². The zero-order valence-electron chi connectivity index (χ0n) is 8.81. The SMILES string of the molecule is COc1ccccc1-c1nc(C(=O)O)c(Br)s1. The summed E-state index contributed by atoms with van der Waals surface area (Å²) in [5.74, 6) is -0.375. The predicted octanol–water partition coefficient (Wildman–Crippen LogP) is 3.28. The molecule has 88 valence electrons. The number of nitrogens with zero attached hydrogens (tertiary/aromatic N) is 1. The highest BCUT2D eigenvalue weighted by atomic mass is 79.9. The molecule has 0 spiro atoms. The molecule has 0 bridgehead atoms. The molecule has 0 saturated heterocycles. The summed E-state index contributed by atoms with van der Waals surface area (Å²) in [5, 5.41) is 9.55. The standard InChI is InChI=1S/C11H8BrNO3S/c1-16-7-5-3-2-4-6(7)10-13-8(11(14)15)9(12)17-10/h2-5H,1H3,(H,14,15). The molecule has 0 amide bonds. The second-order valence-electron chi connectivity index (χ2n) is 3.15. The molecule has 6 heteroatoms. The van der Waals surface area contributed by atoms with Crippen molar-refractivity contribution in [3.63, 3.8) is 0 Å². The Morgan fingerprint density at radius 3 is 2.76 bits per heavy atom. The van der Waals surface area contributed by atoms with Crippen LogP contribution >= 0.6 is 27.3 Å². The van der Waals surface area contributed by atoms with Crippen LogP contribution in [0.5, 0.6) is 5.75 Å². The summed E-state index contributed by atoms with van der Waals surface area (Å²) in [5.41, 5.74) is 0.809. The topological polar surface area (TPSA) is 59.4 Å². The van der Waals surface area contributed by atoms with Crippen LogP contribution in [0.4, 0.5) is 0 Å². The molecule has 1 heterocycles. The first-order valence-electron chi connectivity index (χ1n) is 4.66. The maximum absolute atomic E-state index is 10.9. The number of para-hydroxylation sites is 1. The molecule has 0 atom stereocenters. The number of aromatic carboxylic acids is 1. The Morgan fingerprint density at radius 1 is 1.47 bits per heavy atom. The van der Waals surface area contributed by atoms with Crippen molar-refractivity contribution in [1.29, 1.82) is 0 Å². The van der Waals surface area contributed by atoms with Gasteiger partial charge in [-0.15, -0.1) is 11.3 Å². The van der Waals surface area contributed by atoms with Crippen LogP contribution in [0.2, 0.25) is 0 Å². The fourth-order valence-corrected chi connectivity index (χ4v) is 2.90. The molecule has 1 N–H and O–H groups in total. The van der Waals surface area contributed by atoms with Gasteiger partial charge in [0.05, 0.1) is 12.7 Å². The number of aromatic nitrogens is 1. The number of hydrogen-bond acceptors (Lipinski definition) is 4. The zero-order valence-corrected chi connectivity index (χ0v) is 11.2. The van der Waals surface area contributed by atoms with Crippen LogP contribution in [-0.4, -0.2) is 23.2 Å². The second kappa shape index (κ2) is 4.85. The average molecular weight is 314 g/mol. The summed E-state index contributed by atoms with van der Waals surface area (Å²) in [6.45, 7) is 0. The highest BCUT2D eigenvalue weighted by molar-refractivity contribution is 9.11. The first-order valence-corrected chi connectivity index (χ1v) is 6.27. The first-order chi connectivity index (χ1) is 8.13. The number of methoxy groups -OCH3 is 1. The summed E-state index contributed by atoms with van der Waals surface area (Å²) < 4.78 is 5.72. The van der Waals surface area contributed by atoms with Crippen LogP contribution in [0.1, 0.15) is 10.5 Å². The third-order valence-electron chi connectivity index (χ3n) is 2.13. The van der Waals surface area contributed by atoms with Gasteiger partial charge in [0, 0.05) is 0 Å². The third-order valence-corrected chi connectivity index (χ3v) is 3.86. The van der Waals surface area contributed by atoms with E-state index in [2.05, 4.69) is 20.9 Å². The van der Waals surface area contributed by atoms with E-state index in [4.69, 9.17) is 9.84 Å². The Balaban J connectivity index is 2.53. The lowest BCUT2D eigenvalue weighted by atomic mass is 10.2. The highest BCUT2D eigenvalue weighted by Gasteiger charge is 2.18. The number of carboxylic acids is 1. The number of ether oxygens (including phenoxy) is 1. The van der Waals surface area contributed by atoms with Gasteiger partial charge in [0.25, 0.3) is 0 Å². The van der Waals surface area contributed by atoms with Gasteiger partial charge >= 0.3 is 5.97 Å². The van der Waals surface area contributed by atoms with E-state index >= 15 is 0 Å². The van der Waals surface area contributed by atoms with Gasteiger partial charge in [-0.3, -0.25) is 0 Å². The molecule has 0 aliphatic rings. The Bertz CT molecular complexity index is 568. The molecule has 2 rings (SSSR count). The van der Waals surface area contributed by atoms with E-state index in [1.807, 2.05) is 24.3 Å². The maximum atomic E-state index is 10.9. The molecule has 0 radical (unpaired) electrons. The van der Waals surface area contributed by atoms with Gasteiger partial charge in [0.15, 0.2) is 5.69 Å². The second-order valence-corrected chi connectivity index (χ2v) is 5.46. The van der Waals surface area contributed by atoms with Crippen molar-refractivity contribution in [2.45, 2.75) is 0 Å². The molecule has 17 heavy (non-hydrogen) atoms. The summed E-state index contributed by atoms with van der Waals surface area (Å²) in [6.07, 6.45) is 0. The van der Waals surface area contributed by atoms with Crippen molar-refractivity contribution in [1.82, 2.24) is 4.98 Å². The maximum Gasteiger partial charge on any atom is 0.356 e. The first kappa shape index (κ1) is 12.1. The van der Waals surface area contributed by atoms with Crippen molar-refractivity contribution >= 4 is 33.2 Å². The van der Waals surface area contributed by atoms with E-state index in [9.17, 15) is 4.79 Å². The predicted molar refractivity (Wildman–Crippen MR) is 68.8 cm³/mol. The Morgan fingerprint density at radius 2 is 2.18 bits per heavy atom. The summed E-state index contributed by atoms with van der Waals surface area (Å²) in [6, 6.07) is 7.36. The Labute approximate surface area is 110 Å². The minimum Gasteiger partial charge on any atom is -0.496 e. The number of benzene rings is 1.